The van der Waals surface area contributed by atoms with Gasteiger partial charge in [-0.05, 0) is 19.8 Å². The van der Waals surface area contributed by atoms with Crippen molar-refractivity contribution < 1.29 is 18.3 Å². The summed E-state index contributed by atoms with van der Waals surface area (Å²) >= 11 is 0. The highest BCUT2D eigenvalue weighted by molar-refractivity contribution is 5.80. The van der Waals surface area contributed by atoms with E-state index in [9.17, 15) is 18.3 Å². The molecule has 0 aromatic rings. The zero-order valence-corrected chi connectivity index (χ0v) is 10.5. The molecule has 1 rings (SSSR count). The molecule has 0 atom stereocenters. The summed E-state index contributed by atoms with van der Waals surface area (Å²) < 4.78 is 36.1. The summed E-state index contributed by atoms with van der Waals surface area (Å²) in [5.74, 6) is 0.508. The highest BCUT2D eigenvalue weighted by atomic mass is 19.4. The van der Waals surface area contributed by atoms with Gasteiger partial charge in [-0.25, -0.2) is 0 Å². The number of piperidine rings is 1. The molecule has 0 aromatic carbocycles. The van der Waals surface area contributed by atoms with Crippen molar-refractivity contribution in [1.82, 2.24) is 10.2 Å². The van der Waals surface area contributed by atoms with Crippen molar-refractivity contribution in [2.45, 2.75) is 38.5 Å². The first kappa shape index (κ1) is 15.1. The van der Waals surface area contributed by atoms with Crippen LogP contribution in [0, 0.1) is 0 Å². The monoisotopic (exact) mass is 267 g/mol. The van der Waals surface area contributed by atoms with Crippen molar-refractivity contribution in [2.75, 3.05) is 26.2 Å². The van der Waals surface area contributed by atoms with Gasteiger partial charge in [-0.1, -0.05) is 0 Å². The van der Waals surface area contributed by atoms with Gasteiger partial charge < -0.3 is 15.3 Å². The van der Waals surface area contributed by atoms with Gasteiger partial charge >= 0.3 is 6.18 Å². The average Bonchev–Trinajstić information content (AvgIpc) is 2.27. The minimum absolute atomic E-state index is 0.259. The molecule has 0 spiro atoms. The molecule has 1 fully saturated rings. The highest BCUT2D eigenvalue weighted by Gasteiger charge is 2.26. The Labute approximate surface area is 105 Å². The lowest BCUT2D eigenvalue weighted by atomic mass is 10.1. The second kappa shape index (κ2) is 6.82. The Hall–Kier alpha value is -0.980. The van der Waals surface area contributed by atoms with Crippen molar-refractivity contribution in [3.63, 3.8) is 0 Å². The summed E-state index contributed by atoms with van der Waals surface area (Å²) in [7, 11) is 0. The number of hydrogen-bond acceptors (Lipinski definition) is 2. The largest absolute Gasteiger partial charge is 0.393 e. The van der Waals surface area contributed by atoms with Gasteiger partial charge in [-0.3, -0.25) is 4.99 Å². The number of aliphatic hydroxyl groups excluding tert-OH is 1. The number of guanidine groups is 1. The molecule has 1 heterocycles. The van der Waals surface area contributed by atoms with Gasteiger partial charge in [0.2, 0.25) is 0 Å². The molecular weight excluding hydrogens is 247 g/mol. The number of aliphatic hydroxyl groups is 1. The normalized spacial score (nSPS) is 19.2. The second-order valence-electron chi connectivity index (χ2n) is 4.32. The molecule has 7 heteroatoms. The fraction of sp³-hybridized carbons (Fsp3) is 0.909. The molecule has 0 unspecified atom stereocenters. The van der Waals surface area contributed by atoms with Crippen LogP contribution in [0.15, 0.2) is 4.99 Å². The number of halogens is 3. The molecule has 1 aliphatic rings. The van der Waals surface area contributed by atoms with E-state index in [-0.39, 0.29) is 12.6 Å². The Balaban J connectivity index is 2.50. The first-order chi connectivity index (χ1) is 8.42. The predicted molar refractivity (Wildman–Crippen MR) is 63.5 cm³/mol. The molecule has 4 nitrogen and oxygen atoms in total. The maximum Gasteiger partial charge on any atom is 0.390 e. The molecule has 1 saturated heterocycles. The highest BCUT2D eigenvalue weighted by Crippen LogP contribution is 2.19. The molecule has 0 radical (unpaired) electrons. The fourth-order valence-corrected chi connectivity index (χ4v) is 1.79. The zero-order valence-electron chi connectivity index (χ0n) is 10.5. The van der Waals surface area contributed by atoms with Crippen molar-refractivity contribution >= 4 is 5.96 Å². The summed E-state index contributed by atoms with van der Waals surface area (Å²) in [4.78, 5) is 5.87. The Bertz CT molecular complexity index is 273. The van der Waals surface area contributed by atoms with Gasteiger partial charge in [0.15, 0.2) is 5.96 Å². The SMILES string of the molecule is CCNC(=NCCC(F)(F)F)N1CCC(O)CC1. The molecule has 0 bridgehead atoms. The van der Waals surface area contributed by atoms with Gasteiger partial charge in [0, 0.05) is 19.6 Å². The van der Waals surface area contributed by atoms with E-state index in [1.165, 1.54) is 0 Å². The number of nitrogens with one attached hydrogen (secondary N) is 1. The molecular formula is C11H20F3N3O. The lowest BCUT2D eigenvalue weighted by molar-refractivity contribution is -0.132. The number of likely N-dealkylation sites (tertiary alicyclic amines) is 1. The third-order valence-electron chi connectivity index (χ3n) is 2.76. The fourth-order valence-electron chi connectivity index (χ4n) is 1.79. The summed E-state index contributed by atoms with van der Waals surface area (Å²) in [5.41, 5.74) is 0. The number of hydrogen-bond donors (Lipinski definition) is 2. The first-order valence-electron chi connectivity index (χ1n) is 6.20. The Kier molecular flexibility index (Phi) is 5.71. The van der Waals surface area contributed by atoms with E-state index >= 15 is 0 Å². The van der Waals surface area contributed by atoms with E-state index in [1.807, 2.05) is 11.8 Å². The summed E-state index contributed by atoms with van der Waals surface area (Å²) in [6, 6.07) is 0. The van der Waals surface area contributed by atoms with Crippen LogP contribution in [0.3, 0.4) is 0 Å². The van der Waals surface area contributed by atoms with Crippen LogP contribution in [0.4, 0.5) is 13.2 Å². The van der Waals surface area contributed by atoms with Gasteiger partial charge in [0.25, 0.3) is 0 Å². The van der Waals surface area contributed by atoms with Crippen LogP contribution in [0.2, 0.25) is 0 Å². The van der Waals surface area contributed by atoms with Crippen LogP contribution in [-0.2, 0) is 0 Å². The van der Waals surface area contributed by atoms with E-state index in [1.54, 1.807) is 0 Å². The number of rotatable bonds is 3. The third-order valence-corrected chi connectivity index (χ3v) is 2.76. The van der Waals surface area contributed by atoms with Crippen LogP contribution in [0.1, 0.15) is 26.2 Å². The average molecular weight is 267 g/mol. The van der Waals surface area contributed by atoms with Crippen molar-refractivity contribution in [3.8, 4) is 0 Å². The van der Waals surface area contributed by atoms with Gasteiger partial charge in [0.05, 0.1) is 19.1 Å². The quantitative estimate of drug-likeness (QED) is 0.599. The van der Waals surface area contributed by atoms with E-state index in [2.05, 4.69) is 10.3 Å². The second-order valence-corrected chi connectivity index (χ2v) is 4.32. The Morgan fingerprint density at radius 1 is 1.39 bits per heavy atom. The lowest BCUT2D eigenvalue weighted by Gasteiger charge is -2.32. The first-order valence-corrected chi connectivity index (χ1v) is 6.20. The molecule has 0 aliphatic carbocycles. The van der Waals surface area contributed by atoms with Crippen LogP contribution in [0.25, 0.3) is 0 Å². The van der Waals surface area contributed by atoms with Gasteiger partial charge in [0.1, 0.15) is 0 Å². The molecule has 0 amide bonds. The minimum Gasteiger partial charge on any atom is -0.393 e. The summed E-state index contributed by atoms with van der Waals surface area (Å²) in [6.45, 7) is 3.48. The van der Waals surface area contributed by atoms with Gasteiger partial charge in [-0.15, -0.1) is 0 Å². The van der Waals surface area contributed by atoms with Crippen LogP contribution in [0.5, 0.6) is 0 Å². The smallest absolute Gasteiger partial charge is 0.390 e. The number of nitrogens with zero attached hydrogens (tertiary/aromatic N) is 2. The molecule has 0 saturated carbocycles. The number of aliphatic imine (C=N–C) groups is 1. The maximum absolute atomic E-state index is 12.0. The predicted octanol–water partition coefficient (Wildman–Crippen LogP) is 1.36. The number of alkyl halides is 3. The lowest BCUT2D eigenvalue weighted by Crippen LogP contribution is -2.46. The van der Waals surface area contributed by atoms with E-state index in [4.69, 9.17) is 0 Å². The van der Waals surface area contributed by atoms with Gasteiger partial charge in [-0.2, -0.15) is 13.2 Å². The van der Waals surface area contributed by atoms with Crippen LogP contribution in [-0.4, -0.2) is 54.4 Å². The van der Waals surface area contributed by atoms with Crippen molar-refractivity contribution in [3.05, 3.63) is 0 Å². The molecule has 2 N–H and O–H groups in total. The van der Waals surface area contributed by atoms with Crippen molar-refractivity contribution in [1.29, 1.82) is 0 Å². The topological polar surface area (TPSA) is 47.9 Å². The zero-order chi connectivity index (χ0) is 13.6. The minimum atomic E-state index is -4.17. The summed E-state index contributed by atoms with van der Waals surface area (Å²) in [5, 5.41) is 12.4. The Morgan fingerprint density at radius 3 is 2.50 bits per heavy atom. The van der Waals surface area contributed by atoms with E-state index in [0.29, 0.717) is 38.4 Å². The molecule has 1 aliphatic heterocycles. The molecule has 18 heavy (non-hydrogen) atoms. The third kappa shape index (κ3) is 5.57. The molecule has 106 valence electrons. The maximum atomic E-state index is 12.0. The van der Waals surface area contributed by atoms with Crippen LogP contribution < -0.4 is 5.32 Å². The molecule has 0 aromatic heterocycles. The van der Waals surface area contributed by atoms with E-state index < -0.39 is 12.6 Å². The summed E-state index contributed by atoms with van der Waals surface area (Å²) in [6.07, 6.45) is -4.12. The van der Waals surface area contributed by atoms with E-state index in [0.717, 1.165) is 0 Å². The standard InChI is InChI=1S/C11H20F3N3O/c1-2-15-10(16-6-5-11(12,13)14)17-7-3-9(18)4-8-17/h9,18H,2-8H2,1H3,(H,15,16). The van der Waals surface area contributed by atoms with Crippen LogP contribution >= 0.6 is 0 Å². The Morgan fingerprint density at radius 2 is 2.00 bits per heavy atom. The van der Waals surface area contributed by atoms with Crippen molar-refractivity contribution in [2.24, 2.45) is 4.99 Å².